The van der Waals surface area contributed by atoms with Gasteiger partial charge in [0.05, 0.1) is 25.9 Å². The van der Waals surface area contributed by atoms with E-state index < -0.39 is 42.6 Å². The van der Waals surface area contributed by atoms with Gasteiger partial charge < -0.3 is 28.8 Å². The molecule has 1 aliphatic heterocycles. The van der Waals surface area contributed by atoms with Crippen LogP contribution in [0.5, 0.6) is 0 Å². The lowest BCUT2D eigenvalue weighted by Crippen LogP contribution is -2.62. The van der Waals surface area contributed by atoms with E-state index in [1.807, 2.05) is 60.7 Å². The van der Waals surface area contributed by atoms with Crippen LogP contribution in [0.2, 0.25) is 0 Å². The zero-order valence-corrected chi connectivity index (χ0v) is 19.8. The average molecular weight is 493 g/mol. The highest BCUT2D eigenvalue weighted by molar-refractivity contribution is 5.89. The van der Waals surface area contributed by atoms with Gasteiger partial charge in [-0.1, -0.05) is 78.9 Å². The first kappa shape index (κ1) is 25.5. The van der Waals surface area contributed by atoms with E-state index in [1.54, 1.807) is 30.3 Å². The van der Waals surface area contributed by atoms with Crippen LogP contribution in [0.3, 0.4) is 0 Å². The molecule has 36 heavy (non-hydrogen) atoms. The van der Waals surface area contributed by atoms with Crippen molar-refractivity contribution in [3.63, 3.8) is 0 Å². The van der Waals surface area contributed by atoms with Gasteiger partial charge in [0, 0.05) is 0 Å². The first-order chi connectivity index (χ1) is 17.6. The monoisotopic (exact) mass is 492 g/mol. The predicted molar refractivity (Wildman–Crippen MR) is 129 cm³/mol. The summed E-state index contributed by atoms with van der Waals surface area (Å²) in [5.41, 5.74) is 2.01. The Morgan fingerprint density at radius 3 is 1.86 bits per heavy atom. The van der Waals surface area contributed by atoms with Crippen molar-refractivity contribution in [1.82, 2.24) is 0 Å². The minimum atomic E-state index is -1.55. The maximum Gasteiger partial charge on any atom is 0.338 e. The van der Waals surface area contributed by atoms with Crippen LogP contribution in [0.25, 0.3) is 0 Å². The second-order valence-corrected chi connectivity index (χ2v) is 8.23. The number of hydrogen-bond acceptors (Lipinski definition) is 8. The Morgan fingerprint density at radius 1 is 0.778 bits per heavy atom. The van der Waals surface area contributed by atoms with Crippen molar-refractivity contribution in [3.8, 4) is 0 Å². The zero-order chi connectivity index (χ0) is 25.3. The Bertz CT molecular complexity index is 1110. The normalized spacial score (nSPS) is 23.6. The second-order valence-electron chi connectivity index (χ2n) is 8.23. The van der Waals surface area contributed by atoms with E-state index in [0.717, 1.165) is 11.1 Å². The Morgan fingerprint density at radius 2 is 1.31 bits per heavy atom. The lowest BCUT2D eigenvalue weighted by atomic mass is 9.98. The Labute approximate surface area is 209 Å². The van der Waals surface area contributed by atoms with Crippen LogP contribution in [0.4, 0.5) is 0 Å². The molecule has 1 saturated heterocycles. The van der Waals surface area contributed by atoms with Crippen LogP contribution in [0.15, 0.2) is 91.0 Å². The number of rotatable bonds is 9. The molecule has 0 spiro atoms. The molecule has 1 aliphatic rings. The van der Waals surface area contributed by atoms with Crippen LogP contribution in [0, 0.1) is 0 Å². The summed E-state index contributed by atoms with van der Waals surface area (Å²) in [7, 11) is 1.18. The fourth-order valence-corrected chi connectivity index (χ4v) is 3.86. The molecule has 8 nitrogen and oxygen atoms in total. The van der Waals surface area contributed by atoms with Crippen molar-refractivity contribution in [2.45, 2.75) is 43.9 Å². The van der Waals surface area contributed by atoms with Gasteiger partial charge in [0.15, 0.2) is 18.5 Å². The van der Waals surface area contributed by atoms with E-state index in [9.17, 15) is 14.7 Å². The van der Waals surface area contributed by atoms with Crippen molar-refractivity contribution in [2.75, 3.05) is 7.11 Å². The van der Waals surface area contributed by atoms with Gasteiger partial charge in [-0.3, -0.25) is 0 Å². The predicted octanol–water partition coefficient (Wildman–Crippen LogP) is 3.27. The number of ether oxygens (including phenoxy) is 5. The summed E-state index contributed by atoms with van der Waals surface area (Å²) >= 11 is 0. The van der Waals surface area contributed by atoms with Crippen LogP contribution in [-0.4, -0.2) is 54.9 Å². The Balaban J connectivity index is 1.61. The van der Waals surface area contributed by atoms with Gasteiger partial charge in [0.1, 0.15) is 12.2 Å². The highest BCUT2D eigenvalue weighted by Crippen LogP contribution is 2.30. The maximum absolute atomic E-state index is 12.9. The first-order valence-corrected chi connectivity index (χ1v) is 11.5. The molecule has 0 bridgehead atoms. The quantitative estimate of drug-likeness (QED) is 0.455. The molecule has 3 aromatic carbocycles. The van der Waals surface area contributed by atoms with Gasteiger partial charge in [-0.25, -0.2) is 9.59 Å². The van der Waals surface area contributed by atoms with E-state index in [2.05, 4.69) is 0 Å². The molecule has 0 aromatic heterocycles. The van der Waals surface area contributed by atoms with E-state index in [4.69, 9.17) is 23.7 Å². The lowest BCUT2D eigenvalue weighted by molar-refractivity contribution is -0.307. The van der Waals surface area contributed by atoms with Crippen LogP contribution < -0.4 is 0 Å². The smallest absolute Gasteiger partial charge is 0.338 e. The zero-order valence-electron chi connectivity index (χ0n) is 19.8. The minimum Gasteiger partial charge on any atom is -0.467 e. The highest BCUT2D eigenvalue weighted by atomic mass is 16.7. The summed E-state index contributed by atoms with van der Waals surface area (Å²) in [5, 5.41) is 11.1. The van der Waals surface area contributed by atoms with Crippen LogP contribution in [0.1, 0.15) is 21.5 Å². The summed E-state index contributed by atoms with van der Waals surface area (Å²) in [6, 6.07) is 27.1. The molecule has 188 valence electrons. The third-order valence-electron chi connectivity index (χ3n) is 5.75. The number of carbonyl (C=O) groups excluding carboxylic acids is 2. The van der Waals surface area contributed by atoms with Gasteiger partial charge in [-0.05, 0) is 23.3 Å². The molecule has 0 saturated carbocycles. The molecule has 0 amide bonds. The molecule has 0 radical (unpaired) electrons. The van der Waals surface area contributed by atoms with Gasteiger partial charge in [0.25, 0.3) is 0 Å². The molecule has 1 N–H and O–H groups in total. The van der Waals surface area contributed by atoms with Crippen molar-refractivity contribution < 1.29 is 38.4 Å². The van der Waals surface area contributed by atoms with E-state index >= 15 is 0 Å². The SMILES string of the molecule is COC(=O)[C@H]1O[C@@H](OCc2ccccc2)[C@H](OCc2ccccc2)[C@@H](OC(=O)c2ccccc2)[C@@H]1O. The molecule has 1 heterocycles. The number of aliphatic hydroxyl groups is 1. The maximum atomic E-state index is 12.9. The van der Waals surface area contributed by atoms with Crippen molar-refractivity contribution in [1.29, 1.82) is 0 Å². The molecule has 3 aromatic rings. The van der Waals surface area contributed by atoms with Crippen molar-refractivity contribution in [2.24, 2.45) is 0 Å². The standard InChI is InChI=1S/C28H28O8/c1-32-27(31)24-22(29)23(35-26(30)21-15-9-4-10-16-21)25(33-17-19-11-5-2-6-12-19)28(36-24)34-18-20-13-7-3-8-14-20/h2-16,22-25,28-29H,17-18H2,1H3/t22-,23-,24-,25+,28+/m0/s1. The topological polar surface area (TPSA) is 101 Å². The highest BCUT2D eigenvalue weighted by Gasteiger charge is 2.52. The Hall–Kier alpha value is -3.56. The van der Waals surface area contributed by atoms with E-state index in [1.165, 1.54) is 7.11 Å². The van der Waals surface area contributed by atoms with E-state index in [0.29, 0.717) is 0 Å². The third kappa shape index (κ3) is 6.35. The number of esters is 2. The molecule has 8 heteroatoms. The number of methoxy groups -OCH3 is 1. The van der Waals surface area contributed by atoms with Crippen LogP contribution in [-0.2, 0) is 41.7 Å². The number of hydrogen-bond donors (Lipinski definition) is 1. The molecule has 1 fully saturated rings. The second kappa shape index (κ2) is 12.4. The summed E-state index contributed by atoms with van der Waals surface area (Å²) in [6.45, 7) is 0.273. The van der Waals surface area contributed by atoms with Crippen molar-refractivity contribution in [3.05, 3.63) is 108 Å². The van der Waals surface area contributed by atoms with E-state index in [-0.39, 0.29) is 18.8 Å². The first-order valence-electron chi connectivity index (χ1n) is 11.5. The fraction of sp³-hybridized carbons (Fsp3) is 0.286. The van der Waals surface area contributed by atoms with Crippen molar-refractivity contribution >= 4 is 11.9 Å². The molecule has 0 unspecified atom stereocenters. The van der Waals surface area contributed by atoms with Gasteiger partial charge in [0.2, 0.25) is 0 Å². The molecular weight excluding hydrogens is 464 g/mol. The molecular formula is C28H28O8. The largest absolute Gasteiger partial charge is 0.467 e. The Kier molecular flexibility index (Phi) is 8.80. The number of carbonyl (C=O) groups is 2. The van der Waals surface area contributed by atoms with Gasteiger partial charge >= 0.3 is 11.9 Å². The van der Waals surface area contributed by atoms with Crippen LogP contribution >= 0.6 is 0 Å². The lowest BCUT2D eigenvalue weighted by Gasteiger charge is -2.42. The number of aliphatic hydroxyl groups excluding tert-OH is 1. The molecule has 5 atom stereocenters. The summed E-state index contributed by atoms with van der Waals surface area (Å²) < 4.78 is 28.5. The number of benzene rings is 3. The fourth-order valence-electron chi connectivity index (χ4n) is 3.86. The third-order valence-corrected chi connectivity index (χ3v) is 5.75. The molecule has 4 rings (SSSR count). The van der Waals surface area contributed by atoms with Gasteiger partial charge in [-0.2, -0.15) is 0 Å². The minimum absolute atomic E-state index is 0.134. The summed E-state index contributed by atoms with van der Waals surface area (Å²) in [5.74, 6) is -1.50. The summed E-state index contributed by atoms with van der Waals surface area (Å²) in [4.78, 5) is 25.4. The summed E-state index contributed by atoms with van der Waals surface area (Å²) in [6.07, 6.45) is -6.46. The van der Waals surface area contributed by atoms with Gasteiger partial charge in [-0.15, -0.1) is 0 Å². The molecule has 0 aliphatic carbocycles. The average Bonchev–Trinajstić information content (AvgIpc) is 2.93.